The fourth-order valence-corrected chi connectivity index (χ4v) is 4.25. The molecule has 4 rings (SSSR count). The van der Waals surface area contributed by atoms with Crippen molar-refractivity contribution in [3.05, 3.63) is 65.0 Å². The minimum Gasteiger partial charge on any atom is -0.336 e. The Balaban J connectivity index is 1.38. The van der Waals surface area contributed by atoms with Crippen molar-refractivity contribution < 1.29 is 9.59 Å². The van der Waals surface area contributed by atoms with Gasteiger partial charge in [0.05, 0.1) is 6.04 Å². The van der Waals surface area contributed by atoms with Crippen LogP contribution >= 0.6 is 0 Å². The van der Waals surface area contributed by atoms with Crippen molar-refractivity contribution in [2.24, 2.45) is 0 Å². The Morgan fingerprint density at radius 3 is 2.65 bits per heavy atom. The van der Waals surface area contributed by atoms with Crippen LogP contribution in [0.4, 0.5) is 0 Å². The zero-order valence-electron chi connectivity index (χ0n) is 15.0. The Kier molecular flexibility index (Phi) is 4.83. The number of likely N-dealkylation sites (tertiary alicyclic amines) is 1. The van der Waals surface area contributed by atoms with Crippen molar-refractivity contribution in [3.8, 4) is 0 Å². The van der Waals surface area contributed by atoms with Crippen LogP contribution < -0.4 is 0 Å². The molecule has 4 heteroatoms. The molecule has 0 bridgehead atoms. The molecule has 134 valence electrons. The van der Waals surface area contributed by atoms with E-state index in [2.05, 4.69) is 11.1 Å². The number of fused-ring (bicyclic) bond motifs is 1. The van der Waals surface area contributed by atoms with Crippen LogP contribution in [0.1, 0.15) is 65.2 Å². The molecule has 2 aliphatic rings. The lowest BCUT2D eigenvalue weighted by Gasteiger charge is -2.25. The number of nitrogens with zero attached hydrogens (tertiary/aromatic N) is 2. The number of Topliss-reactive ketones (excluding diaryl/α,β-unsaturated/α-hetero) is 1. The highest BCUT2D eigenvalue weighted by molar-refractivity contribution is 5.98. The first-order valence-corrected chi connectivity index (χ1v) is 9.57. The van der Waals surface area contributed by atoms with Crippen molar-refractivity contribution in [1.82, 2.24) is 9.88 Å². The Morgan fingerprint density at radius 1 is 1.00 bits per heavy atom. The van der Waals surface area contributed by atoms with Gasteiger partial charge in [-0.1, -0.05) is 12.1 Å². The maximum absolute atomic E-state index is 12.7. The molecule has 1 amide bonds. The van der Waals surface area contributed by atoms with Crippen LogP contribution in [0.5, 0.6) is 0 Å². The summed E-state index contributed by atoms with van der Waals surface area (Å²) in [6, 6.07) is 10.1. The number of amides is 1. The summed E-state index contributed by atoms with van der Waals surface area (Å²) in [6.45, 7) is 0.777. The second-order valence-corrected chi connectivity index (χ2v) is 7.29. The molecule has 0 radical (unpaired) electrons. The first-order valence-electron chi connectivity index (χ1n) is 9.57. The van der Waals surface area contributed by atoms with Gasteiger partial charge in [-0.2, -0.15) is 0 Å². The molecule has 1 atom stereocenters. The van der Waals surface area contributed by atoms with E-state index < -0.39 is 0 Å². The molecular weight excluding hydrogens is 324 g/mol. The van der Waals surface area contributed by atoms with Gasteiger partial charge in [-0.3, -0.25) is 14.6 Å². The number of pyridine rings is 1. The van der Waals surface area contributed by atoms with Gasteiger partial charge < -0.3 is 4.90 Å². The number of rotatable bonds is 5. The lowest BCUT2D eigenvalue weighted by Crippen LogP contribution is -2.30. The second kappa shape index (κ2) is 7.40. The number of aromatic nitrogens is 1. The highest BCUT2D eigenvalue weighted by Crippen LogP contribution is 2.32. The highest BCUT2D eigenvalue weighted by atomic mass is 16.2. The van der Waals surface area contributed by atoms with Gasteiger partial charge in [-0.05, 0) is 67.0 Å². The average molecular weight is 348 g/mol. The minimum atomic E-state index is 0.0766. The van der Waals surface area contributed by atoms with Crippen molar-refractivity contribution in [1.29, 1.82) is 0 Å². The molecule has 1 aliphatic carbocycles. The summed E-state index contributed by atoms with van der Waals surface area (Å²) in [5.74, 6) is 0.159. The zero-order valence-corrected chi connectivity index (χ0v) is 15.0. The van der Waals surface area contributed by atoms with Crippen molar-refractivity contribution in [2.75, 3.05) is 6.54 Å². The molecule has 4 nitrogen and oxygen atoms in total. The van der Waals surface area contributed by atoms with E-state index in [1.54, 1.807) is 12.4 Å². The highest BCUT2D eigenvalue weighted by Gasteiger charge is 2.29. The maximum Gasteiger partial charge on any atom is 0.223 e. The lowest BCUT2D eigenvalue weighted by molar-refractivity contribution is -0.132. The predicted octanol–water partition coefficient (Wildman–Crippen LogP) is 3.90. The molecule has 1 saturated heterocycles. The maximum atomic E-state index is 12.7. The van der Waals surface area contributed by atoms with Gasteiger partial charge in [0.2, 0.25) is 5.91 Å². The van der Waals surface area contributed by atoms with Crippen molar-refractivity contribution >= 4 is 11.7 Å². The molecule has 2 aromatic rings. The molecular formula is C22H24N2O2. The molecule has 26 heavy (non-hydrogen) atoms. The van der Waals surface area contributed by atoms with Crippen LogP contribution in [0, 0.1) is 0 Å². The summed E-state index contributed by atoms with van der Waals surface area (Å²) in [5.41, 5.74) is 4.57. The molecule has 0 N–H and O–H groups in total. The van der Waals surface area contributed by atoms with E-state index in [9.17, 15) is 9.59 Å². The number of hydrogen-bond donors (Lipinski definition) is 0. The first-order chi connectivity index (χ1) is 12.7. The average Bonchev–Trinajstić information content (AvgIpc) is 3.35. The van der Waals surface area contributed by atoms with Gasteiger partial charge in [0, 0.05) is 37.3 Å². The van der Waals surface area contributed by atoms with Gasteiger partial charge in [0.1, 0.15) is 0 Å². The predicted molar refractivity (Wildman–Crippen MR) is 100.0 cm³/mol. The number of carbonyl (C=O) groups is 2. The van der Waals surface area contributed by atoms with Crippen LogP contribution in [0.15, 0.2) is 42.7 Å². The van der Waals surface area contributed by atoms with E-state index in [0.717, 1.165) is 43.4 Å². The third-order valence-electron chi connectivity index (χ3n) is 5.65. The number of aryl methyl sites for hydroxylation is 2. The van der Waals surface area contributed by atoms with Crippen LogP contribution in [-0.4, -0.2) is 28.1 Å². The molecule has 1 aromatic carbocycles. The number of hydrogen-bond acceptors (Lipinski definition) is 3. The van der Waals surface area contributed by atoms with E-state index in [1.165, 1.54) is 17.5 Å². The summed E-state index contributed by atoms with van der Waals surface area (Å²) in [6.07, 6.45) is 9.48. The van der Waals surface area contributed by atoms with E-state index in [-0.39, 0.29) is 30.6 Å². The van der Waals surface area contributed by atoms with Gasteiger partial charge in [-0.25, -0.2) is 0 Å². The normalized spacial score (nSPS) is 18.8. The van der Waals surface area contributed by atoms with Crippen LogP contribution in [-0.2, 0) is 17.6 Å². The summed E-state index contributed by atoms with van der Waals surface area (Å²) in [4.78, 5) is 31.2. The van der Waals surface area contributed by atoms with E-state index >= 15 is 0 Å². The van der Waals surface area contributed by atoms with Crippen LogP contribution in [0.3, 0.4) is 0 Å². The molecule has 0 spiro atoms. The number of carbonyl (C=O) groups excluding carboxylic acids is 2. The molecule has 2 heterocycles. The second-order valence-electron chi connectivity index (χ2n) is 7.29. The summed E-state index contributed by atoms with van der Waals surface area (Å²) in [5, 5.41) is 0. The Labute approximate surface area is 154 Å². The fraction of sp³-hybridized carbons (Fsp3) is 0.409. The van der Waals surface area contributed by atoms with Gasteiger partial charge in [0.15, 0.2) is 5.78 Å². The van der Waals surface area contributed by atoms with Crippen LogP contribution in [0.2, 0.25) is 0 Å². The third kappa shape index (κ3) is 3.41. The summed E-state index contributed by atoms with van der Waals surface area (Å²) >= 11 is 0. The quantitative estimate of drug-likeness (QED) is 0.770. The molecule has 1 fully saturated rings. The SMILES string of the molecule is O=C(CCC(=O)N1CCCC1c1ccncc1)c1ccc2c(c1)CCC2. The minimum absolute atomic E-state index is 0.0766. The molecule has 0 saturated carbocycles. The van der Waals surface area contributed by atoms with Gasteiger partial charge in [0.25, 0.3) is 0 Å². The van der Waals surface area contributed by atoms with Crippen molar-refractivity contribution in [2.45, 2.75) is 51.0 Å². The fourth-order valence-electron chi connectivity index (χ4n) is 4.25. The number of benzene rings is 1. The Bertz CT molecular complexity index is 816. The van der Waals surface area contributed by atoms with Gasteiger partial charge >= 0.3 is 0 Å². The number of ketones is 1. The summed E-state index contributed by atoms with van der Waals surface area (Å²) in [7, 11) is 0. The summed E-state index contributed by atoms with van der Waals surface area (Å²) < 4.78 is 0. The van der Waals surface area contributed by atoms with E-state index in [1.807, 2.05) is 29.2 Å². The van der Waals surface area contributed by atoms with Crippen molar-refractivity contribution in [3.63, 3.8) is 0 Å². The standard InChI is InChI=1S/C22H24N2O2/c25-21(19-7-6-16-3-1-4-18(16)15-19)8-9-22(26)24-14-2-5-20(24)17-10-12-23-13-11-17/h6-7,10-13,15,20H,1-5,8-9,14H2. The third-order valence-corrected chi connectivity index (χ3v) is 5.65. The molecule has 1 aromatic heterocycles. The van der Waals surface area contributed by atoms with E-state index in [0.29, 0.717) is 0 Å². The first kappa shape index (κ1) is 17.0. The van der Waals surface area contributed by atoms with Crippen LogP contribution in [0.25, 0.3) is 0 Å². The van der Waals surface area contributed by atoms with Gasteiger partial charge in [-0.15, -0.1) is 0 Å². The smallest absolute Gasteiger partial charge is 0.223 e. The topological polar surface area (TPSA) is 50.3 Å². The zero-order chi connectivity index (χ0) is 17.9. The molecule has 1 aliphatic heterocycles. The lowest BCUT2D eigenvalue weighted by atomic mass is 10.0. The largest absolute Gasteiger partial charge is 0.336 e. The Hall–Kier alpha value is -2.49. The van der Waals surface area contributed by atoms with E-state index in [4.69, 9.17) is 0 Å². The molecule has 1 unspecified atom stereocenters. The Morgan fingerprint density at radius 2 is 1.81 bits per heavy atom. The monoisotopic (exact) mass is 348 g/mol.